The van der Waals surface area contributed by atoms with Crippen LogP contribution in [0.5, 0.6) is 11.5 Å². The highest BCUT2D eigenvalue weighted by Gasteiger charge is 2.12. The third-order valence-electron chi connectivity index (χ3n) is 4.35. The lowest BCUT2D eigenvalue weighted by Crippen LogP contribution is -2.20. The summed E-state index contributed by atoms with van der Waals surface area (Å²) in [5.74, 6) is 0.822. The third kappa shape index (κ3) is 6.24. The number of ether oxygens (including phenoxy) is 2. The fraction of sp³-hybridized carbons (Fsp3) is 0.174. The van der Waals surface area contributed by atoms with Crippen molar-refractivity contribution in [2.75, 3.05) is 24.4 Å². The zero-order valence-corrected chi connectivity index (χ0v) is 19.8. The van der Waals surface area contributed by atoms with E-state index in [9.17, 15) is 4.79 Å². The first kappa shape index (κ1) is 22.2. The van der Waals surface area contributed by atoms with Crippen LogP contribution in [0, 0.1) is 6.92 Å². The van der Waals surface area contributed by atoms with E-state index in [4.69, 9.17) is 9.47 Å². The minimum atomic E-state index is -0.238. The van der Waals surface area contributed by atoms with Crippen LogP contribution in [0.2, 0.25) is 0 Å². The van der Waals surface area contributed by atoms with Crippen LogP contribution in [0.3, 0.4) is 0 Å². The van der Waals surface area contributed by atoms with Crippen molar-refractivity contribution in [3.63, 3.8) is 0 Å². The first-order valence-electron chi connectivity index (χ1n) is 9.30. The average Bonchev–Trinajstić information content (AvgIpc) is 2.74. The standard InChI is InChI=1S/C23H22Br2N2O3/c1-15-3-7-19(8-4-15)27-23(28)14-30-22-12-20(25)16(11-21(22)29-2)13-26-18-9-5-17(24)6-10-18/h3-12,26H,13-14H2,1-2H3,(H,27,28). The zero-order valence-electron chi connectivity index (χ0n) is 16.7. The van der Waals surface area contributed by atoms with E-state index in [-0.39, 0.29) is 12.5 Å². The molecule has 30 heavy (non-hydrogen) atoms. The molecule has 0 aliphatic rings. The number of nitrogens with one attached hydrogen (secondary N) is 2. The van der Waals surface area contributed by atoms with Crippen molar-refractivity contribution in [3.05, 3.63) is 80.7 Å². The summed E-state index contributed by atoms with van der Waals surface area (Å²) in [7, 11) is 1.58. The quantitative estimate of drug-likeness (QED) is 0.364. The van der Waals surface area contributed by atoms with Crippen molar-refractivity contribution < 1.29 is 14.3 Å². The van der Waals surface area contributed by atoms with Crippen LogP contribution in [0.1, 0.15) is 11.1 Å². The molecule has 3 aromatic carbocycles. The minimum Gasteiger partial charge on any atom is -0.493 e. The first-order valence-corrected chi connectivity index (χ1v) is 10.9. The maximum Gasteiger partial charge on any atom is 0.262 e. The van der Waals surface area contributed by atoms with Gasteiger partial charge in [0.05, 0.1) is 7.11 Å². The van der Waals surface area contributed by atoms with E-state index in [0.717, 1.165) is 31.4 Å². The predicted octanol–water partition coefficient (Wildman–Crippen LogP) is 6.16. The normalized spacial score (nSPS) is 10.4. The summed E-state index contributed by atoms with van der Waals surface area (Å²) in [6, 6.07) is 19.3. The molecule has 0 fully saturated rings. The summed E-state index contributed by atoms with van der Waals surface area (Å²) in [6.07, 6.45) is 0. The second-order valence-electron chi connectivity index (χ2n) is 6.66. The molecule has 1 amide bonds. The topological polar surface area (TPSA) is 59.6 Å². The lowest BCUT2D eigenvalue weighted by Gasteiger charge is -2.15. The fourth-order valence-electron chi connectivity index (χ4n) is 2.73. The second-order valence-corrected chi connectivity index (χ2v) is 8.43. The maximum absolute atomic E-state index is 12.2. The van der Waals surface area contributed by atoms with Gasteiger partial charge >= 0.3 is 0 Å². The molecule has 0 atom stereocenters. The molecule has 3 aromatic rings. The van der Waals surface area contributed by atoms with Crippen LogP contribution in [-0.2, 0) is 11.3 Å². The average molecular weight is 534 g/mol. The number of benzene rings is 3. The molecular weight excluding hydrogens is 512 g/mol. The Labute approximate surface area is 193 Å². The van der Waals surface area contributed by atoms with Crippen LogP contribution in [-0.4, -0.2) is 19.6 Å². The molecular formula is C23H22Br2N2O3. The molecule has 0 saturated carbocycles. The van der Waals surface area contributed by atoms with E-state index in [0.29, 0.717) is 18.0 Å². The molecule has 0 aromatic heterocycles. The Morgan fingerprint density at radius 1 is 0.933 bits per heavy atom. The van der Waals surface area contributed by atoms with Crippen LogP contribution in [0.15, 0.2) is 69.6 Å². The van der Waals surface area contributed by atoms with Crippen LogP contribution in [0.4, 0.5) is 11.4 Å². The first-order chi connectivity index (χ1) is 14.4. The summed E-state index contributed by atoms with van der Waals surface area (Å²) in [5, 5.41) is 6.19. The summed E-state index contributed by atoms with van der Waals surface area (Å²) in [4.78, 5) is 12.2. The minimum absolute atomic E-state index is 0.118. The van der Waals surface area contributed by atoms with Crippen molar-refractivity contribution in [1.82, 2.24) is 0 Å². The van der Waals surface area contributed by atoms with Gasteiger partial charge in [0.1, 0.15) is 0 Å². The van der Waals surface area contributed by atoms with Gasteiger partial charge in [0.2, 0.25) is 0 Å². The van der Waals surface area contributed by atoms with Gasteiger partial charge < -0.3 is 20.1 Å². The van der Waals surface area contributed by atoms with Crippen LogP contribution >= 0.6 is 31.9 Å². The Hall–Kier alpha value is -2.51. The van der Waals surface area contributed by atoms with Gasteiger partial charge in [0.15, 0.2) is 18.1 Å². The van der Waals surface area contributed by atoms with Crippen LogP contribution < -0.4 is 20.1 Å². The summed E-state index contributed by atoms with van der Waals surface area (Å²) >= 11 is 7.01. The van der Waals surface area contributed by atoms with Gasteiger partial charge in [-0.25, -0.2) is 0 Å². The summed E-state index contributed by atoms with van der Waals surface area (Å²) in [6.45, 7) is 2.48. The van der Waals surface area contributed by atoms with Crippen LogP contribution in [0.25, 0.3) is 0 Å². The lowest BCUT2D eigenvalue weighted by atomic mass is 10.2. The smallest absolute Gasteiger partial charge is 0.262 e. The number of halogens is 2. The number of carbonyl (C=O) groups is 1. The number of rotatable bonds is 8. The number of amides is 1. The molecule has 3 rings (SSSR count). The molecule has 0 radical (unpaired) electrons. The lowest BCUT2D eigenvalue weighted by molar-refractivity contribution is -0.118. The Morgan fingerprint density at radius 3 is 2.27 bits per heavy atom. The van der Waals surface area contributed by atoms with E-state index in [1.54, 1.807) is 7.11 Å². The third-order valence-corrected chi connectivity index (χ3v) is 5.62. The number of anilines is 2. The number of hydrogen-bond acceptors (Lipinski definition) is 4. The number of carbonyl (C=O) groups excluding carboxylic acids is 1. The Morgan fingerprint density at radius 2 is 1.60 bits per heavy atom. The van der Waals surface area contributed by atoms with Gasteiger partial charge in [-0.05, 0) is 61.0 Å². The molecule has 0 spiro atoms. The van der Waals surface area contributed by atoms with E-state index in [1.807, 2.05) is 67.6 Å². The highest BCUT2D eigenvalue weighted by molar-refractivity contribution is 9.10. The molecule has 0 unspecified atom stereocenters. The van der Waals surface area contributed by atoms with Crippen molar-refractivity contribution in [1.29, 1.82) is 0 Å². The fourth-order valence-corrected chi connectivity index (χ4v) is 3.45. The molecule has 0 saturated heterocycles. The summed E-state index contributed by atoms with van der Waals surface area (Å²) < 4.78 is 13.1. The van der Waals surface area contributed by atoms with E-state index < -0.39 is 0 Å². The molecule has 2 N–H and O–H groups in total. The Bertz CT molecular complexity index is 1010. The molecule has 0 heterocycles. The number of hydrogen-bond donors (Lipinski definition) is 2. The van der Waals surface area contributed by atoms with Crippen molar-refractivity contribution in [3.8, 4) is 11.5 Å². The predicted molar refractivity (Wildman–Crippen MR) is 127 cm³/mol. The van der Waals surface area contributed by atoms with Gasteiger partial charge in [-0.3, -0.25) is 4.79 Å². The van der Waals surface area contributed by atoms with E-state index in [1.165, 1.54) is 0 Å². The van der Waals surface area contributed by atoms with Gasteiger partial charge in [-0.1, -0.05) is 49.6 Å². The molecule has 0 bridgehead atoms. The van der Waals surface area contributed by atoms with Gasteiger partial charge in [0.25, 0.3) is 5.91 Å². The van der Waals surface area contributed by atoms with Gasteiger partial charge in [0, 0.05) is 26.9 Å². The van der Waals surface area contributed by atoms with Crippen molar-refractivity contribution >= 4 is 49.1 Å². The van der Waals surface area contributed by atoms with E-state index >= 15 is 0 Å². The van der Waals surface area contributed by atoms with Crippen molar-refractivity contribution in [2.24, 2.45) is 0 Å². The zero-order chi connectivity index (χ0) is 21.5. The van der Waals surface area contributed by atoms with Gasteiger partial charge in [-0.2, -0.15) is 0 Å². The molecule has 0 aliphatic carbocycles. The Kier molecular flexibility index (Phi) is 7.76. The van der Waals surface area contributed by atoms with Gasteiger partial charge in [-0.15, -0.1) is 0 Å². The highest BCUT2D eigenvalue weighted by atomic mass is 79.9. The number of methoxy groups -OCH3 is 1. The SMILES string of the molecule is COc1cc(CNc2ccc(Br)cc2)c(Br)cc1OCC(=O)Nc1ccc(C)cc1. The molecule has 156 valence electrons. The summed E-state index contributed by atoms with van der Waals surface area (Å²) in [5.41, 5.74) is 3.88. The largest absolute Gasteiger partial charge is 0.493 e. The van der Waals surface area contributed by atoms with Crippen molar-refractivity contribution in [2.45, 2.75) is 13.5 Å². The maximum atomic E-state index is 12.2. The molecule has 0 aliphatic heterocycles. The molecule has 5 nitrogen and oxygen atoms in total. The number of aryl methyl sites for hydroxylation is 1. The van der Waals surface area contributed by atoms with E-state index in [2.05, 4.69) is 42.5 Å². The monoisotopic (exact) mass is 532 g/mol. The molecule has 7 heteroatoms. The second kappa shape index (κ2) is 10.5. The highest BCUT2D eigenvalue weighted by Crippen LogP contribution is 2.34. The Balaban J connectivity index is 1.62.